The standard InChI is InChI=1S/C19H24ClN3O2/c1-13(12-23-15(3)10-14(2)22-23)11-21-19(25)9-8-18(24)16-4-6-17(20)7-5-16/h4-7,10,13H,8-9,11-12H2,1-3H3,(H,21,25)/t13-/m1/s1. The van der Waals surface area contributed by atoms with Crippen molar-refractivity contribution in [3.63, 3.8) is 0 Å². The third kappa shape index (κ3) is 6.02. The Kier molecular flexibility index (Phi) is 6.76. The normalized spacial score (nSPS) is 12.0. The first-order chi connectivity index (χ1) is 11.8. The highest BCUT2D eigenvalue weighted by molar-refractivity contribution is 6.30. The van der Waals surface area contributed by atoms with Crippen LogP contribution in [0.25, 0.3) is 0 Å². The maximum atomic E-state index is 12.0. The molecule has 0 aliphatic carbocycles. The van der Waals surface area contributed by atoms with Gasteiger partial charge in [0.15, 0.2) is 5.78 Å². The van der Waals surface area contributed by atoms with Crippen LogP contribution in [0.1, 0.15) is 41.5 Å². The first-order valence-corrected chi connectivity index (χ1v) is 8.79. The molecule has 0 aliphatic heterocycles. The summed E-state index contributed by atoms with van der Waals surface area (Å²) < 4.78 is 1.95. The Bertz CT molecular complexity index is 738. The highest BCUT2D eigenvalue weighted by Gasteiger charge is 2.11. The van der Waals surface area contributed by atoms with Gasteiger partial charge < -0.3 is 5.32 Å². The molecule has 0 unspecified atom stereocenters. The number of nitrogens with one attached hydrogen (secondary N) is 1. The minimum atomic E-state index is -0.109. The quantitative estimate of drug-likeness (QED) is 0.731. The zero-order valence-corrected chi connectivity index (χ0v) is 15.6. The van der Waals surface area contributed by atoms with Gasteiger partial charge in [-0.1, -0.05) is 18.5 Å². The molecule has 0 bridgehead atoms. The molecule has 5 nitrogen and oxygen atoms in total. The average Bonchev–Trinajstić information content (AvgIpc) is 2.88. The summed E-state index contributed by atoms with van der Waals surface area (Å²) in [5.41, 5.74) is 2.69. The molecule has 1 heterocycles. The molecule has 25 heavy (non-hydrogen) atoms. The van der Waals surface area contributed by atoms with Crippen LogP contribution in [0.15, 0.2) is 30.3 Å². The van der Waals surface area contributed by atoms with Crippen molar-refractivity contribution in [1.82, 2.24) is 15.1 Å². The zero-order valence-electron chi connectivity index (χ0n) is 14.9. The number of rotatable bonds is 8. The SMILES string of the molecule is Cc1cc(C)n(C[C@H](C)CNC(=O)CCC(=O)c2ccc(Cl)cc2)n1. The van der Waals surface area contributed by atoms with E-state index in [0.29, 0.717) is 17.1 Å². The molecule has 1 amide bonds. The van der Waals surface area contributed by atoms with Crippen LogP contribution in [0.3, 0.4) is 0 Å². The summed E-state index contributed by atoms with van der Waals surface area (Å²) in [6.07, 6.45) is 0.382. The van der Waals surface area contributed by atoms with E-state index in [-0.39, 0.29) is 30.4 Å². The van der Waals surface area contributed by atoms with Crippen molar-refractivity contribution in [2.24, 2.45) is 5.92 Å². The van der Waals surface area contributed by atoms with Crippen molar-refractivity contribution in [3.05, 3.63) is 52.3 Å². The Morgan fingerprint density at radius 1 is 1.20 bits per heavy atom. The first-order valence-electron chi connectivity index (χ1n) is 8.41. The van der Waals surface area contributed by atoms with E-state index >= 15 is 0 Å². The average molecular weight is 362 g/mol. The van der Waals surface area contributed by atoms with Gasteiger partial charge in [0.2, 0.25) is 5.91 Å². The summed E-state index contributed by atoms with van der Waals surface area (Å²) >= 11 is 5.80. The van der Waals surface area contributed by atoms with E-state index in [1.54, 1.807) is 24.3 Å². The topological polar surface area (TPSA) is 64.0 Å². The van der Waals surface area contributed by atoms with Crippen LogP contribution in [0, 0.1) is 19.8 Å². The third-order valence-electron chi connectivity index (χ3n) is 3.98. The van der Waals surface area contributed by atoms with Crippen LogP contribution < -0.4 is 5.32 Å². The number of ketones is 1. The highest BCUT2D eigenvalue weighted by atomic mass is 35.5. The summed E-state index contributed by atoms with van der Waals surface area (Å²) in [5.74, 6) is 0.0963. The lowest BCUT2D eigenvalue weighted by molar-refractivity contribution is -0.121. The van der Waals surface area contributed by atoms with E-state index in [2.05, 4.69) is 17.3 Å². The number of halogens is 1. The molecule has 0 saturated heterocycles. The molecule has 2 aromatic rings. The van der Waals surface area contributed by atoms with Crippen molar-refractivity contribution < 1.29 is 9.59 Å². The van der Waals surface area contributed by atoms with Gasteiger partial charge in [-0.25, -0.2) is 0 Å². The van der Waals surface area contributed by atoms with Crippen LogP contribution in [0.5, 0.6) is 0 Å². The molecule has 0 fully saturated rings. The van der Waals surface area contributed by atoms with Gasteiger partial charge in [-0.15, -0.1) is 0 Å². The number of hydrogen-bond acceptors (Lipinski definition) is 3. The zero-order chi connectivity index (χ0) is 18.4. The van der Waals surface area contributed by atoms with Gasteiger partial charge in [0.05, 0.1) is 5.69 Å². The number of aryl methyl sites for hydroxylation is 2. The molecule has 1 aromatic carbocycles. The molecule has 134 valence electrons. The molecule has 2 rings (SSSR count). The van der Waals surface area contributed by atoms with E-state index in [1.165, 1.54) is 0 Å². The van der Waals surface area contributed by atoms with Gasteiger partial charge in [-0.3, -0.25) is 14.3 Å². The summed E-state index contributed by atoms with van der Waals surface area (Å²) in [4.78, 5) is 24.0. The molecule has 1 aromatic heterocycles. The van der Waals surface area contributed by atoms with Crippen molar-refractivity contribution in [2.75, 3.05) is 6.54 Å². The number of nitrogens with zero attached hydrogens (tertiary/aromatic N) is 2. The van der Waals surface area contributed by atoms with Gasteiger partial charge in [0.25, 0.3) is 0 Å². The summed E-state index contributed by atoms with van der Waals surface area (Å²) in [5, 5.41) is 7.91. The fourth-order valence-electron chi connectivity index (χ4n) is 2.60. The lowest BCUT2D eigenvalue weighted by Gasteiger charge is -2.14. The maximum absolute atomic E-state index is 12.0. The van der Waals surface area contributed by atoms with E-state index in [0.717, 1.165) is 17.9 Å². The van der Waals surface area contributed by atoms with Crippen molar-refractivity contribution in [3.8, 4) is 0 Å². The molecule has 0 spiro atoms. The monoisotopic (exact) mass is 361 g/mol. The number of hydrogen-bond donors (Lipinski definition) is 1. The maximum Gasteiger partial charge on any atom is 0.220 e. The molecule has 0 aliphatic rings. The fraction of sp³-hybridized carbons (Fsp3) is 0.421. The van der Waals surface area contributed by atoms with Gasteiger partial charge in [-0.2, -0.15) is 5.10 Å². The number of amides is 1. The number of benzene rings is 1. The summed E-state index contributed by atoms with van der Waals surface area (Å²) in [6.45, 7) is 7.37. The second-order valence-electron chi connectivity index (χ2n) is 6.45. The molecule has 6 heteroatoms. The highest BCUT2D eigenvalue weighted by Crippen LogP contribution is 2.12. The second-order valence-corrected chi connectivity index (χ2v) is 6.88. The Morgan fingerprint density at radius 2 is 1.88 bits per heavy atom. The molecular weight excluding hydrogens is 338 g/mol. The largest absolute Gasteiger partial charge is 0.356 e. The number of Topliss-reactive ketones (excluding diaryl/α,β-unsaturated/α-hetero) is 1. The van der Waals surface area contributed by atoms with Crippen LogP contribution >= 0.6 is 11.6 Å². The van der Waals surface area contributed by atoms with Crippen molar-refractivity contribution >= 4 is 23.3 Å². The van der Waals surface area contributed by atoms with Gasteiger partial charge in [0.1, 0.15) is 0 Å². The number of carbonyl (C=O) groups excluding carboxylic acids is 2. The lowest BCUT2D eigenvalue weighted by Crippen LogP contribution is -2.30. The van der Waals surface area contributed by atoms with E-state index < -0.39 is 0 Å². The third-order valence-corrected chi connectivity index (χ3v) is 4.23. The molecule has 1 atom stereocenters. The number of aromatic nitrogens is 2. The summed E-state index contributed by atoms with van der Waals surface area (Å²) in [7, 11) is 0. The summed E-state index contributed by atoms with van der Waals surface area (Å²) in [6, 6.07) is 8.75. The van der Waals surface area contributed by atoms with Crippen molar-refractivity contribution in [2.45, 2.75) is 40.2 Å². The van der Waals surface area contributed by atoms with Crippen molar-refractivity contribution in [1.29, 1.82) is 0 Å². The van der Waals surface area contributed by atoms with Crippen LogP contribution in [0.4, 0.5) is 0 Å². The second kappa shape index (κ2) is 8.81. The molecule has 1 N–H and O–H groups in total. The Balaban J connectivity index is 1.72. The Morgan fingerprint density at radius 3 is 2.48 bits per heavy atom. The van der Waals surface area contributed by atoms with Gasteiger partial charge in [-0.05, 0) is 50.1 Å². The minimum absolute atomic E-state index is 0.0532. The Labute approximate surface area is 153 Å². The first kappa shape index (κ1) is 19.2. The van der Waals surface area contributed by atoms with Crippen LogP contribution in [-0.4, -0.2) is 28.0 Å². The molecule has 0 radical (unpaired) electrons. The molecular formula is C19H24ClN3O2. The van der Waals surface area contributed by atoms with Crippen LogP contribution in [-0.2, 0) is 11.3 Å². The molecule has 0 saturated carbocycles. The van der Waals surface area contributed by atoms with E-state index in [4.69, 9.17) is 11.6 Å². The Hall–Kier alpha value is -2.14. The minimum Gasteiger partial charge on any atom is -0.356 e. The number of carbonyl (C=O) groups is 2. The smallest absolute Gasteiger partial charge is 0.220 e. The van der Waals surface area contributed by atoms with Gasteiger partial charge >= 0.3 is 0 Å². The van der Waals surface area contributed by atoms with E-state index in [9.17, 15) is 9.59 Å². The predicted molar refractivity (Wildman–Crippen MR) is 98.9 cm³/mol. The lowest BCUT2D eigenvalue weighted by atomic mass is 10.1. The van der Waals surface area contributed by atoms with E-state index in [1.807, 2.05) is 24.6 Å². The predicted octanol–water partition coefficient (Wildman–Crippen LogP) is 3.57. The van der Waals surface area contributed by atoms with Gasteiger partial charge in [0, 0.05) is 42.2 Å². The fourth-order valence-corrected chi connectivity index (χ4v) is 2.73. The van der Waals surface area contributed by atoms with Crippen LogP contribution in [0.2, 0.25) is 5.02 Å².